The highest BCUT2D eigenvalue weighted by molar-refractivity contribution is 7.91. The van der Waals surface area contributed by atoms with Gasteiger partial charge in [0.25, 0.3) is 5.16 Å². The van der Waals surface area contributed by atoms with Crippen LogP contribution in [0.5, 0.6) is 11.8 Å². The van der Waals surface area contributed by atoms with E-state index < -0.39 is 40.7 Å². The maximum absolute atomic E-state index is 14.0. The minimum absolute atomic E-state index is 0.0734. The molecule has 0 bridgehead atoms. The summed E-state index contributed by atoms with van der Waals surface area (Å²) in [5.41, 5.74) is 3.25. The van der Waals surface area contributed by atoms with E-state index in [2.05, 4.69) is 39.4 Å². The van der Waals surface area contributed by atoms with Crippen LogP contribution < -0.4 is 4.74 Å². The predicted octanol–water partition coefficient (Wildman–Crippen LogP) is 4.41. The lowest BCUT2D eigenvalue weighted by atomic mass is 9.99. The second kappa shape index (κ2) is 11.9. The molecule has 1 aliphatic carbocycles. The van der Waals surface area contributed by atoms with Gasteiger partial charge in [0, 0.05) is 32.5 Å². The molecule has 0 aliphatic heterocycles. The van der Waals surface area contributed by atoms with Gasteiger partial charge in [-0.15, -0.1) is 5.10 Å². The number of hydrogen-bond donors (Lipinski definition) is 0. The number of aryl methyl sites for hydroxylation is 1. The molecule has 0 fully saturated rings. The van der Waals surface area contributed by atoms with Crippen LogP contribution in [0.3, 0.4) is 0 Å². The smallest absolute Gasteiger partial charge is 0.323 e. The van der Waals surface area contributed by atoms with E-state index in [0.29, 0.717) is 23.5 Å². The van der Waals surface area contributed by atoms with Gasteiger partial charge in [-0.25, -0.2) is 13.4 Å². The van der Waals surface area contributed by atoms with Crippen molar-refractivity contribution in [1.82, 2.24) is 19.7 Å². The first kappa shape index (κ1) is 28.8. The third-order valence-corrected chi connectivity index (χ3v) is 9.55. The Bertz CT molecular complexity index is 1460. The molecule has 0 amide bonds. The summed E-state index contributed by atoms with van der Waals surface area (Å²) in [7, 11) is -4.19. The van der Waals surface area contributed by atoms with Gasteiger partial charge in [-0.3, -0.25) is 4.79 Å². The number of ether oxygens (including phenoxy) is 3. The number of hydrogen-bond acceptors (Lipinski definition) is 9. The van der Waals surface area contributed by atoms with Crippen molar-refractivity contribution in [2.75, 3.05) is 19.5 Å². The quantitative estimate of drug-likeness (QED) is 0.134. The molecule has 0 unspecified atom stereocenters. The SMILES string of the molecule is COC(=O)CCS(=O)(=O)c1nc(Oc2c(-c3ccnc(F)c3)ccc3c2CCC3)n(COCC[Si](C)(C)C)n1. The van der Waals surface area contributed by atoms with Gasteiger partial charge in [0.1, 0.15) is 12.5 Å². The van der Waals surface area contributed by atoms with E-state index in [0.717, 1.165) is 36.4 Å². The van der Waals surface area contributed by atoms with Gasteiger partial charge >= 0.3 is 12.0 Å². The molecule has 1 aliphatic rings. The number of carbonyl (C=O) groups is 1. The van der Waals surface area contributed by atoms with Crippen molar-refractivity contribution in [3.8, 4) is 22.9 Å². The lowest BCUT2D eigenvalue weighted by Crippen LogP contribution is -2.22. The Labute approximate surface area is 228 Å². The van der Waals surface area contributed by atoms with Crippen LogP contribution in [0.25, 0.3) is 11.1 Å². The van der Waals surface area contributed by atoms with Crippen LogP contribution in [-0.4, -0.2) is 61.7 Å². The first-order chi connectivity index (χ1) is 18.5. The zero-order valence-corrected chi connectivity index (χ0v) is 24.4. The Balaban J connectivity index is 1.71. The summed E-state index contributed by atoms with van der Waals surface area (Å²) < 4.78 is 57.9. The molecule has 0 N–H and O–H groups in total. The molecule has 39 heavy (non-hydrogen) atoms. The first-order valence-corrected chi connectivity index (χ1v) is 18.1. The molecule has 0 spiro atoms. The van der Waals surface area contributed by atoms with Gasteiger partial charge in [-0.2, -0.15) is 14.1 Å². The van der Waals surface area contributed by atoms with Gasteiger partial charge in [-0.1, -0.05) is 31.8 Å². The first-order valence-electron chi connectivity index (χ1n) is 12.7. The highest BCUT2D eigenvalue weighted by Crippen LogP contribution is 2.41. The number of esters is 1. The Morgan fingerprint density at radius 3 is 2.69 bits per heavy atom. The molecule has 0 saturated heterocycles. The maximum Gasteiger partial charge on any atom is 0.323 e. The van der Waals surface area contributed by atoms with E-state index in [1.165, 1.54) is 24.1 Å². The third-order valence-electron chi connectivity index (χ3n) is 6.37. The van der Waals surface area contributed by atoms with Gasteiger partial charge in [0.2, 0.25) is 15.8 Å². The minimum atomic E-state index is -4.02. The number of benzene rings is 1. The number of rotatable bonds is 12. The fourth-order valence-corrected chi connectivity index (χ4v) is 5.99. The standard InChI is InChI=1S/C26H33FN4O6SSi/c1-35-23(32)11-14-38(33,34)25-29-26(31(30-25)17-36-13-15-39(2,3)4)37-24-20-7-5-6-18(20)8-9-21(24)19-10-12-28-22(27)16-19/h8-10,12,16H,5-7,11,13-15,17H2,1-4H3. The summed E-state index contributed by atoms with van der Waals surface area (Å²) in [6.45, 7) is 7.08. The van der Waals surface area contributed by atoms with E-state index in [9.17, 15) is 17.6 Å². The van der Waals surface area contributed by atoms with Gasteiger partial charge < -0.3 is 14.2 Å². The average molecular weight is 577 g/mol. The molecule has 2 heterocycles. The van der Waals surface area contributed by atoms with Crippen LogP contribution in [-0.2, 0) is 43.7 Å². The summed E-state index contributed by atoms with van der Waals surface area (Å²) in [5.74, 6) is -1.33. The van der Waals surface area contributed by atoms with E-state index in [-0.39, 0.29) is 19.2 Å². The monoisotopic (exact) mass is 576 g/mol. The Morgan fingerprint density at radius 2 is 1.97 bits per heavy atom. The van der Waals surface area contributed by atoms with Crippen molar-refractivity contribution in [2.24, 2.45) is 0 Å². The topological polar surface area (TPSA) is 123 Å². The second-order valence-electron chi connectivity index (χ2n) is 10.6. The zero-order chi connectivity index (χ0) is 28.2. The molecule has 1 aromatic carbocycles. The normalized spacial score (nSPS) is 13.4. The summed E-state index contributed by atoms with van der Waals surface area (Å²) in [6.07, 6.45) is 3.59. The molecule has 3 aromatic rings. The molecule has 10 nitrogen and oxygen atoms in total. The lowest BCUT2D eigenvalue weighted by molar-refractivity contribution is -0.140. The number of aromatic nitrogens is 4. The van der Waals surface area contributed by atoms with Crippen LogP contribution in [0.2, 0.25) is 25.7 Å². The number of methoxy groups -OCH3 is 1. The Hall–Kier alpha value is -3.16. The molecule has 13 heteroatoms. The number of fused-ring (bicyclic) bond motifs is 1. The molecular formula is C26H33FN4O6SSi. The highest BCUT2D eigenvalue weighted by Gasteiger charge is 2.28. The predicted molar refractivity (Wildman–Crippen MR) is 145 cm³/mol. The maximum atomic E-state index is 14.0. The molecule has 2 aromatic heterocycles. The molecule has 0 saturated carbocycles. The highest BCUT2D eigenvalue weighted by atomic mass is 32.2. The fourth-order valence-electron chi connectivity index (χ4n) is 4.18. The van der Waals surface area contributed by atoms with Crippen molar-refractivity contribution >= 4 is 23.9 Å². The second-order valence-corrected chi connectivity index (χ2v) is 18.2. The van der Waals surface area contributed by atoms with E-state index >= 15 is 0 Å². The average Bonchev–Trinajstić information content (AvgIpc) is 3.52. The number of halogens is 1. The summed E-state index contributed by atoms with van der Waals surface area (Å²) in [6, 6.07) is 7.68. The van der Waals surface area contributed by atoms with Crippen molar-refractivity contribution in [3.63, 3.8) is 0 Å². The number of carbonyl (C=O) groups excluding carboxylic acids is 1. The third kappa shape index (κ3) is 7.28. The molecule has 0 radical (unpaired) electrons. The van der Waals surface area contributed by atoms with Gasteiger partial charge in [-0.05, 0) is 48.1 Å². The number of pyridine rings is 1. The largest absolute Gasteiger partial charge is 0.469 e. The summed E-state index contributed by atoms with van der Waals surface area (Å²) in [5, 5.41) is 3.71. The van der Waals surface area contributed by atoms with E-state index in [1.54, 1.807) is 6.07 Å². The number of nitrogens with zero attached hydrogens (tertiary/aromatic N) is 4. The van der Waals surface area contributed by atoms with Gasteiger partial charge in [0.15, 0.2) is 0 Å². The van der Waals surface area contributed by atoms with Crippen molar-refractivity contribution < 1.29 is 31.8 Å². The van der Waals surface area contributed by atoms with Crippen LogP contribution in [0.15, 0.2) is 35.6 Å². The van der Waals surface area contributed by atoms with Crippen molar-refractivity contribution in [1.29, 1.82) is 0 Å². The van der Waals surface area contributed by atoms with Crippen molar-refractivity contribution in [3.05, 3.63) is 47.5 Å². The fraction of sp³-hybridized carbons (Fsp3) is 0.462. The summed E-state index contributed by atoms with van der Waals surface area (Å²) in [4.78, 5) is 19.4. The van der Waals surface area contributed by atoms with E-state index in [1.807, 2.05) is 12.1 Å². The Kier molecular flexibility index (Phi) is 8.82. The molecule has 4 rings (SSSR count). The minimum Gasteiger partial charge on any atom is -0.469 e. The zero-order valence-electron chi connectivity index (χ0n) is 22.6. The van der Waals surface area contributed by atoms with Crippen LogP contribution in [0.1, 0.15) is 24.0 Å². The van der Waals surface area contributed by atoms with E-state index in [4.69, 9.17) is 9.47 Å². The Morgan fingerprint density at radius 1 is 1.18 bits per heavy atom. The van der Waals surface area contributed by atoms with Crippen LogP contribution >= 0.6 is 0 Å². The van der Waals surface area contributed by atoms with Gasteiger partial charge in [0.05, 0.1) is 19.3 Å². The van der Waals surface area contributed by atoms with Crippen LogP contribution in [0.4, 0.5) is 4.39 Å². The molecule has 0 atom stereocenters. The summed E-state index contributed by atoms with van der Waals surface area (Å²) >= 11 is 0. The van der Waals surface area contributed by atoms with Crippen LogP contribution in [0, 0.1) is 5.95 Å². The molecular weight excluding hydrogens is 543 g/mol. The lowest BCUT2D eigenvalue weighted by Gasteiger charge is -2.17. The molecule has 210 valence electrons. The van der Waals surface area contributed by atoms with Crippen molar-refractivity contribution in [2.45, 2.75) is 63.3 Å². The number of sulfone groups is 1.